The van der Waals surface area contributed by atoms with Gasteiger partial charge in [0, 0.05) is 30.6 Å². The summed E-state index contributed by atoms with van der Waals surface area (Å²) in [5.74, 6) is -0.634. The monoisotopic (exact) mass is 499 g/mol. The number of anilines is 1. The molecule has 1 saturated heterocycles. The molecular weight excluding hydrogens is 481 g/mol. The van der Waals surface area contributed by atoms with Crippen LogP contribution in [0.1, 0.15) is 39.9 Å². The molecule has 2 aliphatic heterocycles. The number of aromatic nitrogens is 2. The number of hydrogen-bond donors (Lipinski definition) is 2. The van der Waals surface area contributed by atoms with Gasteiger partial charge in [-0.3, -0.25) is 19.7 Å². The van der Waals surface area contributed by atoms with E-state index in [1.165, 1.54) is 4.90 Å². The fourth-order valence-corrected chi connectivity index (χ4v) is 4.60. The van der Waals surface area contributed by atoms with Gasteiger partial charge in [0.2, 0.25) is 17.6 Å². The Labute approximate surface area is 204 Å². The maximum Gasteiger partial charge on any atom is 0.322 e. The van der Waals surface area contributed by atoms with Crippen LogP contribution in [0.5, 0.6) is 0 Å². The molecule has 11 heteroatoms. The Morgan fingerprint density at radius 3 is 2.74 bits per heavy atom. The summed E-state index contributed by atoms with van der Waals surface area (Å²) in [7, 11) is 0. The Hall–Kier alpha value is -3.43. The van der Waals surface area contributed by atoms with Crippen molar-refractivity contribution in [2.45, 2.75) is 38.9 Å². The Balaban J connectivity index is 1.27. The Kier molecular flexibility index (Phi) is 5.75. The second-order valence-corrected chi connectivity index (χ2v) is 8.98. The summed E-state index contributed by atoms with van der Waals surface area (Å²) in [6.45, 7) is 2.55. The summed E-state index contributed by atoms with van der Waals surface area (Å²) >= 11 is 12.5. The first-order valence-corrected chi connectivity index (χ1v) is 11.4. The number of benzene rings is 2. The van der Waals surface area contributed by atoms with Crippen LogP contribution in [-0.2, 0) is 22.7 Å². The molecule has 3 heterocycles. The van der Waals surface area contributed by atoms with Crippen molar-refractivity contribution in [1.29, 1.82) is 0 Å². The number of nitrogens with zero attached hydrogens (tertiary/aromatic N) is 3. The van der Waals surface area contributed by atoms with Crippen molar-refractivity contribution in [3.05, 3.63) is 62.6 Å². The molecule has 2 N–H and O–H groups in total. The van der Waals surface area contributed by atoms with E-state index in [1.54, 1.807) is 12.1 Å². The van der Waals surface area contributed by atoms with Gasteiger partial charge in [0.25, 0.3) is 5.91 Å². The summed E-state index contributed by atoms with van der Waals surface area (Å²) in [5.41, 5.74) is 3.69. The third-order valence-electron chi connectivity index (χ3n) is 5.97. The fourth-order valence-electron chi connectivity index (χ4n) is 4.14. The van der Waals surface area contributed by atoms with Crippen molar-refractivity contribution in [3.63, 3.8) is 0 Å². The molecule has 0 radical (unpaired) electrons. The Morgan fingerprint density at radius 1 is 1.15 bits per heavy atom. The smallest absolute Gasteiger partial charge is 0.322 e. The number of imide groups is 1. The lowest BCUT2D eigenvalue weighted by molar-refractivity contribution is -0.136. The first kappa shape index (κ1) is 22.4. The summed E-state index contributed by atoms with van der Waals surface area (Å²) in [5, 5.41) is 10.1. The van der Waals surface area contributed by atoms with Crippen LogP contribution in [0.4, 0.5) is 6.01 Å². The molecule has 1 aromatic heterocycles. The highest BCUT2D eigenvalue weighted by atomic mass is 35.5. The third kappa shape index (κ3) is 4.01. The van der Waals surface area contributed by atoms with Crippen molar-refractivity contribution in [3.8, 4) is 11.4 Å². The normalized spacial score (nSPS) is 17.7. The average molecular weight is 500 g/mol. The van der Waals surface area contributed by atoms with E-state index < -0.39 is 11.9 Å². The Bertz CT molecular complexity index is 1340. The standard InChI is InChI=1S/C23H19Cl2N5O4/c1-11-2-4-15(19(25)18(11)24)20-28-23(34-29-20)26-9-12-3-5-14-13(8-12)10-30(22(14)33)16-6-7-17(31)27-21(16)32/h2-5,8,16H,6-7,9-10H2,1H3,(H,26,28,29)(H,27,31,32). The van der Waals surface area contributed by atoms with E-state index in [9.17, 15) is 14.4 Å². The molecular formula is C23H19Cl2N5O4. The van der Waals surface area contributed by atoms with Gasteiger partial charge in [-0.25, -0.2) is 0 Å². The van der Waals surface area contributed by atoms with Crippen LogP contribution < -0.4 is 10.6 Å². The molecule has 3 amide bonds. The van der Waals surface area contributed by atoms with Gasteiger partial charge in [-0.15, -0.1) is 0 Å². The van der Waals surface area contributed by atoms with Gasteiger partial charge < -0.3 is 14.7 Å². The number of piperidine rings is 1. The number of carbonyl (C=O) groups is 3. The zero-order valence-corrected chi connectivity index (χ0v) is 19.5. The highest BCUT2D eigenvalue weighted by molar-refractivity contribution is 6.44. The SMILES string of the molecule is Cc1ccc(-c2noc(NCc3ccc4c(c3)CN(C3CCC(=O)NC3=O)C4=O)n2)c(Cl)c1Cl. The van der Waals surface area contributed by atoms with Gasteiger partial charge in [-0.2, -0.15) is 4.98 Å². The molecule has 0 aliphatic carbocycles. The molecule has 0 bridgehead atoms. The number of rotatable bonds is 5. The molecule has 34 heavy (non-hydrogen) atoms. The Morgan fingerprint density at radius 2 is 1.94 bits per heavy atom. The van der Waals surface area contributed by atoms with E-state index >= 15 is 0 Å². The number of fused-ring (bicyclic) bond motifs is 1. The molecule has 1 fully saturated rings. The van der Waals surface area contributed by atoms with E-state index in [0.717, 1.165) is 16.7 Å². The maximum atomic E-state index is 12.8. The highest BCUT2D eigenvalue weighted by Gasteiger charge is 2.39. The second kappa shape index (κ2) is 8.73. The molecule has 174 valence electrons. The van der Waals surface area contributed by atoms with Gasteiger partial charge in [-0.05, 0) is 42.2 Å². The van der Waals surface area contributed by atoms with Gasteiger partial charge in [0.1, 0.15) is 6.04 Å². The first-order chi connectivity index (χ1) is 16.3. The summed E-state index contributed by atoms with van der Waals surface area (Å²) in [6, 6.07) is 8.66. The van der Waals surface area contributed by atoms with Crippen LogP contribution in [0.15, 0.2) is 34.9 Å². The summed E-state index contributed by atoms with van der Waals surface area (Å²) in [4.78, 5) is 42.3. The predicted octanol–water partition coefficient (Wildman–Crippen LogP) is 3.72. The quantitative estimate of drug-likeness (QED) is 0.513. The minimum Gasteiger partial charge on any atom is -0.334 e. The minimum atomic E-state index is -0.641. The van der Waals surface area contributed by atoms with E-state index in [1.807, 2.05) is 25.1 Å². The van der Waals surface area contributed by atoms with Crippen LogP contribution in [0.3, 0.4) is 0 Å². The van der Waals surface area contributed by atoms with Crippen molar-refractivity contribution in [1.82, 2.24) is 20.4 Å². The maximum absolute atomic E-state index is 12.8. The molecule has 0 spiro atoms. The molecule has 0 saturated carbocycles. The van der Waals surface area contributed by atoms with Crippen LogP contribution in [0.25, 0.3) is 11.4 Å². The number of halogens is 2. The second-order valence-electron chi connectivity index (χ2n) is 8.23. The summed E-state index contributed by atoms with van der Waals surface area (Å²) < 4.78 is 5.28. The van der Waals surface area contributed by atoms with Crippen molar-refractivity contribution >= 4 is 46.9 Å². The molecule has 1 atom stereocenters. The number of hydrogen-bond acceptors (Lipinski definition) is 7. The zero-order valence-electron chi connectivity index (χ0n) is 18.0. The third-order valence-corrected chi connectivity index (χ3v) is 6.95. The minimum absolute atomic E-state index is 0.209. The van der Waals surface area contributed by atoms with E-state index in [4.69, 9.17) is 27.7 Å². The van der Waals surface area contributed by atoms with Crippen LogP contribution in [-0.4, -0.2) is 38.8 Å². The lowest BCUT2D eigenvalue weighted by atomic mass is 10.0. The van der Waals surface area contributed by atoms with Crippen LogP contribution >= 0.6 is 23.2 Å². The van der Waals surface area contributed by atoms with Crippen molar-refractivity contribution in [2.75, 3.05) is 5.32 Å². The van der Waals surface area contributed by atoms with Crippen LogP contribution in [0, 0.1) is 6.92 Å². The lowest BCUT2D eigenvalue weighted by Gasteiger charge is -2.29. The molecule has 5 rings (SSSR count). The van der Waals surface area contributed by atoms with Crippen molar-refractivity contribution < 1.29 is 18.9 Å². The first-order valence-electron chi connectivity index (χ1n) is 10.6. The molecule has 9 nitrogen and oxygen atoms in total. The number of nitrogens with one attached hydrogen (secondary N) is 2. The largest absolute Gasteiger partial charge is 0.334 e. The molecule has 3 aromatic rings. The number of carbonyl (C=O) groups excluding carboxylic acids is 3. The average Bonchev–Trinajstić information content (AvgIpc) is 3.41. The molecule has 2 aromatic carbocycles. The summed E-state index contributed by atoms with van der Waals surface area (Å²) in [6.07, 6.45) is 0.548. The topological polar surface area (TPSA) is 117 Å². The van der Waals surface area contributed by atoms with E-state index in [0.29, 0.717) is 46.5 Å². The predicted molar refractivity (Wildman–Crippen MR) is 124 cm³/mol. The molecule has 1 unspecified atom stereocenters. The van der Waals surface area contributed by atoms with E-state index in [-0.39, 0.29) is 24.2 Å². The van der Waals surface area contributed by atoms with Gasteiger partial charge in [-0.1, -0.05) is 46.6 Å². The van der Waals surface area contributed by atoms with Crippen molar-refractivity contribution in [2.24, 2.45) is 0 Å². The van der Waals surface area contributed by atoms with Gasteiger partial charge in [0.05, 0.1) is 10.0 Å². The van der Waals surface area contributed by atoms with E-state index in [2.05, 4.69) is 20.8 Å². The zero-order chi connectivity index (χ0) is 24.0. The van der Waals surface area contributed by atoms with Crippen LogP contribution in [0.2, 0.25) is 10.0 Å². The number of amides is 3. The highest BCUT2D eigenvalue weighted by Crippen LogP contribution is 2.35. The van der Waals surface area contributed by atoms with Gasteiger partial charge in [0.15, 0.2) is 0 Å². The number of aryl methyl sites for hydroxylation is 1. The lowest BCUT2D eigenvalue weighted by Crippen LogP contribution is -2.52. The fraction of sp³-hybridized carbons (Fsp3) is 0.261. The molecule has 2 aliphatic rings. The van der Waals surface area contributed by atoms with Gasteiger partial charge >= 0.3 is 6.01 Å².